The van der Waals surface area contributed by atoms with E-state index in [1.165, 1.54) is 7.11 Å². The zero-order valence-electron chi connectivity index (χ0n) is 13.8. The van der Waals surface area contributed by atoms with E-state index in [9.17, 15) is 9.59 Å². The molecule has 3 rings (SSSR count). The van der Waals surface area contributed by atoms with Crippen LogP contribution in [0.1, 0.15) is 34.7 Å². The van der Waals surface area contributed by atoms with Gasteiger partial charge in [0.2, 0.25) is 0 Å². The van der Waals surface area contributed by atoms with E-state index >= 15 is 0 Å². The largest absolute Gasteiger partial charge is 0.465 e. The number of methoxy groups -OCH3 is 1. The van der Waals surface area contributed by atoms with E-state index in [4.69, 9.17) is 16.3 Å². The third-order valence-corrected chi connectivity index (χ3v) is 4.66. The van der Waals surface area contributed by atoms with Gasteiger partial charge >= 0.3 is 5.97 Å². The van der Waals surface area contributed by atoms with Crippen LogP contribution in [0.2, 0.25) is 5.02 Å². The standard InChI is InChI=1S/C20H18ClNO3/c1-25-20(24)16-8-5-9-17(19(16)21)22-18-12-14(23)10-11-15(18)13-6-3-2-4-7-13/h2-9,12,15,22H,10-11H2,1H3. The Morgan fingerprint density at radius 2 is 1.92 bits per heavy atom. The van der Waals surface area contributed by atoms with Crippen LogP contribution in [0.3, 0.4) is 0 Å². The van der Waals surface area contributed by atoms with Crippen molar-refractivity contribution in [1.82, 2.24) is 0 Å². The van der Waals surface area contributed by atoms with Gasteiger partial charge in [0, 0.05) is 24.1 Å². The van der Waals surface area contributed by atoms with Crippen molar-refractivity contribution in [1.29, 1.82) is 0 Å². The van der Waals surface area contributed by atoms with Gasteiger partial charge < -0.3 is 10.1 Å². The molecule has 1 aliphatic rings. The minimum atomic E-state index is -0.498. The number of hydrogen-bond acceptors (Lipinski definition) is 4. The second-order valence-corrected chi connectivity index (χ2v) is 6.23. The smallest absolute Gasteiger partial charge is 0.339 e. The number of halogens is 1. The molecule has 0 aromatic heterocycles. The van der Waals surface area contributed by atoms with Crippen LogP contribution in [-0.2, 0) is 9.53 Å². The zero-order valence-corrected chi connectivity index (χ0v) is 14.5. The summed E-state index contributed by atoms with van der Waals surface area (Å²) < 4.78 is 4.75. The predicted molar refractivity (Wildman–Crippen MR) is 97.9 cm³/mol. The van der Waals surface area contributed by atoms with Gasteiger partial charge in [-0.3, -0.25) is 4.79 Å². The Hall–Kier alpha value is -2.59. The highest BCUT2D eigenvalue weighted by Gasteiger charge is 2.24. The molecule has 0 heterocycles. The van der Waals surface area contributed by atoms with Crippen LogP contribution in [0, 0.1) is 0 Å². The van der Waals surface area contributed by atoms with Crippen LogP contribution < -0.4 is 5.32 Å². The first-order chi connectivity index (χ1) is 12.1. The van der Waals surface area contributed by atoms with Crippen molar-refractivity contribution in [3.63, 3.8) is 0 Å². The molecule has 0 aliphatic heterocycles. The van der Waals surface area contributed by atoms with E-state index in [2.05, 4.69) is 5.32 Å². The molecule has 0 amide bonds. The fourth-order valence-electron chi connectivity index (χ4n) is 2.99. The fraction of sp³-hybridized carbons (Fsp3) is 0.200. The van der Waals surface area contributed by atoms with Crippen LogP contribution in [0.4, 0.5) is 5.69 Å². The van der Waals surface area contributed by atoms with Crippen LogP contribution >= 0.6 is 11.6 Å². The molecular weight excluding hydrogens is 338 g/mol. The van der Waals surface area contributed by atoms with E-state index in [1.807, 2.05) is 30.3 Å². The van der Waals surface area contributed by atoms with Crippen molar-refractivity contribution in [2.24, 2.45) is 0 Å². The van der Waals surface area contributed by atoms with Gasteiger partial charge in [-0.15, -0.1) is 0 Å². The molecule has 128 valence electrons. The SMILES string of the molecule is COC(=O)c1cccc(NC2=CC(=O)CCC2c2ccccc2)c1Cl. The summed E-state index contributed by atoms with van der Waals surface area (Å²) in [7, 11) is 1.31. The molecule has 0 fully saturated rings. The second kappa shape index (κ2) is 7.53. The second-order valence-electron chi connectivity index (χ2n) is 5.85. The summed E-state index contributed by atoms with van der Waals surface area (Å²) in [5, 5.41) is 3.53. The Balaban J connectivity index is 1.95. The van der Waals surface area contributed by atoms with Crippen molar-refractivity contribution in [2.75, 3.05) is 12.4 Å². The van der Waals surface area contributed by atoms with Gasteiger partial charge in [-0.25, -0.2) is 4.79 Å². The fourth-order valence-corrected chi connectivity index (χ4v) is 3.25. The molecule has 0 saturated heterocycles. The van der Waals surface area contributed by atoms with Crippen LogP contribution in [-0.4, -0.2) is 18.9 Å². The number of anilines is 1. The minimum absolute atomic E-state index is 0.0786. The number of carbonyl (C=O) groups excluding carboxylic acids is 2. The highest BCUT2D eigenvalue weighted by molar-refractivity contribution is 6.36. The highest BCUT2D eigenvalue weighted by atomic mass is 35.5. The number of rotatable bonds is 4. The molecular formula is C20H18ClNO3. The summed E-state index contributed by atoms with van der Waals surface area (Å²) in [5.41, 5.74) is 2.78. The Morgan fingerprint density at radius 1 is 1.16 bits per heavy atom. The lowest BCUT2D eigenvalue weighted by Crippen LogP contribution is -2.18. The van der Waals surface area contributed by atoms with Crippen LogP contribution in [0.25, 0.3) is 0 Å². The third-order valence-electron chi connectivity index (χ3n) is 4.26. The van der Waals surface area contributed by atoms with E-state index < -0.39 is 5.97 Å². The molecule has 4 nitrogen and oxygen atoms in total. The van der Waals surface area contributed by atoms with E-state index in [-0.39, 0.29) is 22.3 Å². The van der Waals surface area contributed by atoms with Gasteiger partial charge in [0.1, 0.15) is 0 Å². The molecule has 1 atom stereocenters. The maximum atomic E-state index is 11.9. The Bertz CT molecular complexity index is 830. The maximum absolute atomic E-state index is 11.9. The highest BCUT2D eigenvalue weighted by Crippen LogP contribution is 2.36. The topological polar surface area (TPSA) is 55.4 Å². The molecule has 1 N–H and O–H groups in total. The Labute approximate surface area is 151 Å². The number of esters is 1. The number of hydrogen-bond donors (Lipinski definition) is 1. The lowest BCUT2D eigenvalue weighted by Gasteiger charge is -2.26. The summed E-state index contributed by atoms with van der Waals surface area (Å²) >= 11 is 6.36. The minimum Gasteiger partial charge on any atom is -0.465 e. The lowest BCUT2D eigenvalue weighted by atomic mass is 9.85. The molecule has 5 heteroatoms. The number of ether oxygens (including phenoxy) is 1. The Morgan fingerprint density at radius 3 is 2.64 bits per heavy atom. The predicted octanol–water partition coefficient (Wildman–Crippen LogP) is 4.57. The van der Waals surface area contributed by atoms with Gasteiger partial charge in [0.25, 0.3) is 0 Å². The first kappa shape index (κ1) is 17.2. The van der Waals surface area contributed by atoms with Gasteiger partial charge in [-0.1, -0.05) is 48.0 Å². The molecule has 0 bridgehead atoms. The van der Waals surface area contributed by atoms with Crippen molar-refractivity contribution in [3.8, 4) is 0 Å². The number of allylic oxidation sites excluding steroid dienone is 2. The van der Waals surface area contributed by atoms with Crippen molar-refractivity contribution in [3.05, 3.63) is 76.5 Å². The molecule has 0 saturated carbocycles. The van der Waals surface area contributed by atoms with Gasteiger partial charge in [0.15, 0.2) is 5.78 Å². The molecule has 2 aromatic rings. The van der Waals surface area contributed by atoms with Crippen LogP contribution in [0.15, 0.2) is 60.3 Å². The third kappa shape index (κ3) is 3.74. The Kier molecular flexibility index (Phi) is 5.19. The molecule has 2 aromatic carbocycles. The molecule has 0 spiro atoms. The molecule has 25 heavy (non-hydrogen) atoms. The quantitative estimate of drug-likeness (QED) is 0.816. The molecule has 1 aliphatic carbocycles. The number of carbonyl (C=O) groups is 2. The maximum Gasteiger partial charge on any atom is 0.339 e. The zero-order chi connectivity index (χ0) is 17.8. The van der Waals surface area contributed by atoms with Crippen LogP contribution in [0.5, 0.6) is 0 Å². The monoisotopic (exact) mass is 355 g/mol. The molecule has 1 unspecified atom stereocenters. The summed E-state index contributed by atoms with van der Waals surface area (Å²) in [5.74, 6) is -0.339. The average molecular weight is 356 g/mol. The first-order valence-corrected chi connectivity index (χ1v) is 8.41. The molecule has 0 radical (unpaired) electrons. The summed E-state index contributed by atoms with van der Waals surface area (Å²) in [6, 6.07) is 15.1. The number of nitrogens with one attached hydrogen (secondary N) is 1. The summed E-state index contributed by atoms with van der Waals surface area (Å²) in [6.07, 6.45) is 2.87. The van der Waals surface area contributed by atoms with Crippen molar-refractivity contribution in [2.45, 2.75) is 18.8 Å². The lowest BCUT2D eigenvalue weighted by molar-refractivity contribution is -0.115. The first-order valence-electron chi connectivity index (χ1n) is 8.03. The van der Waals surface area contributed by atoms with Gasteiger partial charge in [0.05, 0.1) is 23.4 Å². The number of benzene rings is 2. The van der Waals surface area contributed by atoms with Gasteiger partial charge in [-0.05, 0) is 24.1 Å². The normalized spacial score (nSPS) is 17.0. The summed E-state index contributed by atoms with van der Waals surface area (Å²) in [4.78, 5) is 23.7. The van der Waals surface area contributed by atoms with E-state index in [1.54, 1.807) is 24.3 Å². The van der Waals surface area contributed by atoms with Crippen molar-refractivity contribution >= 4 is 29.0 Å². The summed E-state index contributed by atoms with van der Waals surface area (Å²) in [6.45, 7) is 0. The van der Waals surface area contributed by atoms with E-state index in [0.717, 1.165) is 17.7 Å². The average Bonchev–Trinajstić information content (AvgIpc) is 2.64. The van der Waals surface area contributed by atoms with Crippen molar-refractivity contribution < 1.29 is 14.3 Å². The van der Waals surface area contributed by atoms with E-state index in [0.29, 0.717) is 12.1 Å². The van der Waals surface area contributed by atoms with Gasteiger partial charge in [-0.2, -0.15) is 0 Å². The number of ketones is 1.